The molecule has 9 heavy (non-hydrogen) atoms. The van der Waals surface area contributed by atoms with Crippen LogP contribution in [0.15, 0.2) is 25.3 Å². The molecule has 0 aromatic carbocycles. The minimum absolute atomic E-state index is 0. The predicted molar refractivity (Wildman–Crippen MR) is 46.1 cm³/mol. The topological polar surface area (TPSA) is 0 Å². The summed E-state index contributed by atoms with van der Waals surface area (Å²) in [5.74, 6) is 0. The predicted octanol–water partition coefficient (Wildman–Crippen LogP) is 2.41. The minimum Gasteiger partial charge on any atom is -0.340 e. The van der Waals surface area contributed by atoms with E-state index in [1.807, 2.05) is 0 Å². The molecule has 0 amide bonds. The SMILES string of the molecule is C=CC[CH2-].C=CC[CH2-].[Mg+2]. The van der Waals surface area contributed by atoms with E-state index in [9.17, 15) is 0 Å². The molecule has 0 saturated carbocycles. The molecule has 0 atom stereocenters. The fourth-order valence-corrected chi connectivity index (χ4v) is 0. The molecular formula is C8H14Mg. The third kappa shape index (κ3) is 63.8. The van der Waals surface area contributed by atoms with E-state index in [-0.39, 0.29) is 23.1 Å². The molecule has 0 saturated heterocycles. The molecule has 0 aliphatic heterocycles. The van der Waals surface area contributed by atoms with Crippen LogP contribution in [0.3, 0.4) is 0 Å². The average molecular weight is 135 g/mol. The van der Waals surface area contributed by atoms with Crippen LogP contribution in [0.5, 0.6) is 0 Å². The van der Waals surface area contributed by atoms with Crippen LogP contribution >= 0.6 is 0 Å². The Bertz CT molecular complexity index is 40.5. The summed E-state index contributed by atoms with van der Waals surface area (Å²) in [4.78, 5) is 0. The van der Waals surface area contributed by atoms with E-state index in [1.165, 1.54) is 0 Å². The van der Waals surface area contributed by atoms with Gasteiger partial charge < -0.3 is 13.8 Å². The van der Waals surface area contributed by atoms with E-state index in [1.54, 1.807) is 12.2 Å². The third-order valence-electron chi connectivity index (χ3n) is 0.408. The second-order valence-corrected chi connectivity index (χ2v) is 1.15. The molecule has 0 radical (unpaired) electrons. The van der Waals surface area contributed by atoms with Gasteiger partial charge in [0.2, 0.25) is 0 Å². The van der Waals surface area contributed by atoms with E-state index in [2.05, 4.69) is 27.0 Å². The molecule has 0 aromatic rings. The van der Waals surface area contributed by atoms with Gasteiger partial charge in [0, 0.05) is 0 Å². The second-order valence-electron chi connectivity index (χ2n) is 1.15. The van der Waals surface area contributed by atoms with Gasteiger partial charge in [-0.3, -0.25) is 0 Å². The van der Waals surface area contributed by atoms with E-state index in [0.29, 0.717) is 0 Å². The van der Waals surface area contributed by atoms with Crippen LogP contribution < -0.4 is 0 Å². The summed E-state index contributed by atoms with van der Waals surface area (Å²) < 4.78 is 0. The molecule has 0 aromatic heterocycles. The maximum Gasteiger partial charge on any atom is 2.00 e. The van der Waals surface area contributed by atoms with Crippen molar-refractivity contribution in [1.29, 1.82) is 0 Å². The van der Waals surface area contributed by atoms with Gasteiger partial charge in [-0.2, -0.15) is 12.8 Å². The zero-order chi connectivity index (χ0) is 6.83. The smallest absolute Gasteiger partial charge is 0.340 e. The quantitative estimate of drug-likeness (QED) is 0.309. The molecule has 0 aliphatic carbocycles. The van der Waals surface area contributed by atoms with E-state index in [0.717, 1.165) is 12.8 Å². The average Bonchev–Trinajstić information content (AvgIpc) is 1.88. The summed E-state index contributed by atoms with van der Waals surface area (Å²) in [6, 6.07) is 0. The molecule has 0 unspecified atom stereocenters. The molecule has 0 aliphatic rings. The van der Waals surface area contributed by atoms with Crippen LogP contribution in [-0.4, -0.2) is 23.1 Å². The first kappa shape index (κ1) is 16.1. The number of hydrogen-bond donors (Lipinski definition) is 0. The van der Waals surface area contributed by atoms with Crippen LogP contribution in [0.4, 0.5) is 0 Å². The maximum atomic E-state index is 3.49. The molecular weight excluding hydrogens is 120 g/mol. The first-order valence-electron chi connectivity index (χ1n) is 2.63. The Hall–Kier alpha value is 0.246. The summed E-state index contributed by atoms with van der Waals surface area (Å²) in [6.07, 6.45) is 5.19. The fourth-order valence-electron chi connectivity index (χ4n) is 0. The first-order valence-corrected chi connectivity index (χ1v) is 2.63. The summed E-state index contributed by atoms with van der Waals surface area (Å²) in [5.41, 5.74) is 0. The van der Waals surface area contributed by atoms with Crippen molar-refractivity contribution in [1.82, 2.24) is 0 Å². The Kier molecular flexibility index (Phi) is 43.0. The molecule has 0 fully saturated rings. The third-order valence-corrected chi connectivity index (χ3v) is 0.408. The van der Waals surface area contributed by atoms with Crippen molar-refractivity contribution in [3.05, 3.63) is 39.2 Å². The van der Waals surface area contributed by atoms with E-state index >= 15 is 0 Å². The van der Waals surface area contributed by atoms with Gasteiger partial charge in [-0.25, -0.2) is 0 Å². The van der Waals surface area contributed by atoms with Crippen molar-refractivity contribution in [3.63, 3.8) is 0 Å². The van der Waals surface area contributed by atoms with Crippen molar-refractivity contribution in [2.45, 2.75) is 12.8 Å². The second kappa shape index (κ2) is 24.0. The Morgan fingerprint density at radius 1 is 1.00 bits per heavy atom. The normalized spacial score (nSPS) is 5.56. The summed E-state index contributed by atoms with van der Waals surface area (Å²) >= 11 is 0. The molecule has 0 nitrogen and oxygen atoms in total. The van der Waals surface area contributed by atoms with E-state index in [4.69, 9.17) is 0 Å². The number of rotatable bonds is 2. The van der Waals surface area contributed by atoms with Crippen molar-refractivity contribution in [2.24, 2.45) is 0 Å². The fraction of sp³-hybridized carbons (Fsp3) is 0.250. The molecule has 0 bridgehead atoms. The van der Waals surface area contributed by atoms with Crippen LogP contribution in [0.2, 0.25) is 0 Å². The van der Waals surface area contributed by atoms with Crippen LogP contribution in [0.25, 0.3) is 0 Å². The van der Waals surface area contributed by atoms with Gasteiger partial charge in [0.1, 0.15) is 0 Å². The summed E-state index contributed by atoms with van der Waals surface area (Å²) in [6.45, 7) is 13.8. The Labute approximate surface area is 75.2 Å². The molecule has 0 rings (SSSR count). The maximum absolute atomic E-state index is 3.49. The molecule has 0 heterocycles. The van der Waals surface area contributed by atoms with E-state index < -0.39 is 0 Å². The van der Waals surface area contributed by atoms with Gasteiger partial charge in [-0.15, -0.1) is 25.3 Å². The largest absolute Gasteiger partial charge is 2.00 e. The standard InChI is InChI=1S/2C4H7.Mg/c2*1-3-4-2;/h2*3H,1-2,4H2;/q2*-1;+2. The van der Waals surface area contributed by atoms with Crippen molar-refractivity contribution in [2.75, 3.05) is 0 Å². The van der Waals surface area contributed by atoms with Crippen molar-refractivity contribution in [3.8, 4) is 0 Å². The molecule has 0 N–H and O–H groups in total. The zero-order valence-corrected chi connectivity index (χ0v) is 7.52. The number of hydrogen-bond acceptors (Lipinski definition) is 0. The van der Waals surface area contributed by atoms with Gasteiger partial charge in [0.25, 0.3) is 0 Å². The minimum atomic E-state index is 0. The Morgan fingerprint density at radius 3 is 1.11 bits per heavy atom. The summed E-state index contributed by atoms with van der Waals surface area (Å²) in [5, 5.41) is 0. The molecule has 1 heteroatoms. The van der Waals surface area contributed by atoms with Gasteiger partial charge in [-0.05, 0) is 0 Å². The molecule has 48 valence electrons. The summed E-state index contributed by atoms with van der Waals surface area (Å²) in [7, 11) is 0. The number of allylic oxidation sites excluding steroid dienone is 2. The van der Waals surface area contributed by atoms with Crippen LogP contribution in [0.1, 0.15) is 12.8 Å². The molecule has 0 spiro atoms. The van der Waals surface area contributed by atoms with Crippen molar-refractivity contribution < 1.29 is 0 Å². The monoisotopic (exact) mass is 134 g/mol. The van der Waals surface area contributed by atoms with Gasteiger partial charge >= 0.3 is 23.1 Å². The van der Waals surface area contributed by atoms with Crippen LogP contribution in [-0.2, 0) is 0 Å². The van der Waals surface area contributed by atoms with Crippen molar-refractivity contribution >= 4 is 23.1 Å². The van der Waals surface area contributed by atoms with Crippen LogP contribution in [0, 0.1) is 13.8 Å². The zero-order valence-electron chi connectivity index (χ0n) is 6.10. The van der Waals surface area contributed by atoms with Gasteiger partial charge in [-0.1, -0.05) is 0 Å². The first-order chi connectivity index (χ1) is 3.83. The Morgan fingerprint density at radius 2 is 1.11 bits per heavy atom. The van der Waals surface area contributed by atoms with Gasteiger partial charge in [0.15, 0.2) is 0 Å². The van der Waals surface area contributed by atoms with Gasteiger partial charge in [0.05, 0.1) is 0 Å². The Balaban J connectivity index is -0.0000000720.